The van der Waals surface area contributed by atoms with Crippen molar-refractivity contribution >= 4 is 16.1 Å². The van der Waals surface area contributed by atoms with Gasteiger partial charge in [-0.1, -0.05) is 6.42 Å². The van der Waals surface area contributed by atoms with Crippen molar-refractivity contribution in [2.75, 3.05) is 12.4 Å². The van der Waals surface area contributed by atoms with Crippen LogP contribution in [-0.2, 0) is 19.6 Å². The second kappa shape index (κ2) is 4.33. The zero-order chi connectivity index (χ0) is 11.8. The zero-order valence-electron chi connectivity index (χ0n) is 8.96. The molecule has 0 aromatic rings. The van der Waals surface area contributed by atoms with Gasteiger partial charge in [0, 0.05) is 0 Å². The van der Waals surface area contributed by atoms with E-state index in [1.54, 1.807) is 0 Å². The van der Waals surface area contributed by atoms with Crippen LogP contribution in [0.3, 0.4) is 0 Å². The predicted molar refractivity (Wildman–Crippen MR) is 56.3 cm³/mol. The summed E-state index contributed by atoms with van der Waals surface area (Å²) in [5, 5.41) is 0. The fourth-order valence-electron chi connectivity index (χ4n) is 2.89. The first-order valence-electron chi connectivity index (χ1n) is 5.57. The number of ether oxygens (including phenoxy) is 1. The lowest BCUT2D eigenvalue weighted by Gasteiger charge is -2.19. The molecule has 2 fully saturated rings. The molecular weight excluding hydrogens is 232 g/mol. The van der Waals surface area contributed by atoms with E-state index in [4.69, 9.17) is 9.29 Å². The zero-order valence-corrected chi connectivity index (χ0v) is 9.78. The topological polar surface area (TPSA) is 80.7 Å². The molecule has 0 amide bonds. The van der Waals surface area contributed by atoms with E-state index < -0.39 is 15.9 Å². The van der Waals surface area contributed by atoms with Crippen LogP contribution in [0.15, 0.2) is 0 Å². The van der Waals surface area contributed by atoms with Crippen molar-refractivity contribution in [1.29, 1.82) is 0 Å². The summed E-state index contributed by atoms with van der Waals surface area (Å²) in [6, 6.07) is 0. The Labute approximate surface area is 94.9 Å². The van der Waals surface area contributed by atoms with Gasteiger partial charge < -0.3 is 4.74 Å². The Morgan fingerprint density at radius 1 is 1.31 bits per heavy atom. The molecule has 0 aliphatic heterocycles. The first kappa shape index (κ1) is 11.9. The Bertz CT molecular complexity index is 375. The average molecular weight is 248 g/mol. The maximum atomic E-state index is 11.6. The van der Waals surface area contributed by atoms with Gasteiger partial charge in [0.05, 0.1) is 5.92 Å². The molecule has 2 bridgehead atoms. The molecule has 3 unspecified atom stereocenters. The molecule has 1 N–H and O–H groups in total. The minimum Gasteiger partial charge on any atom is -0.464 e. The summed E-state index contributed by atoms with van der Waals surface area (Å²) < 4.78 is 34.2. The van der Waals surface area contributed by atoms with Crippen molar-refractivity contribution in [3.63, 3.8) is 0 Å². The van der Waals surface area contributed by atoms with Crippen LogP contribution in [0.1, 0.15) is 25.7 Å². The van der Waals surface area contributed by atoms with Gasteiger partial charge in [0.15, 0.2) is 0 Å². The third-order valence-electron chi connectivity index (χ3n) is 3.63. The van der Waals surface area contributed by atoms with Crippen LogP contribution in [-0.4, -0.2) is 31.3 Å². The van der Waals surface area contributed by atoms with Crippen molar-refractivity contribution in [2.24, 2.45) is 17.8 Å². The van der Waals surface area contributed by atoms with Crippen molar-refractivity contribution in [1.82, 2.24) is 0 Å². The van der Waals surface area contributed by atoms with Gasteiger partial charge in [0.2, 0.25) is 0 Å². The molecule has 5 nitrogen and oxygen atoms in total. The van der Waals surface area contributed by atoms with Gasteiger partial charge in [-0.3, -0.25) is 9.35 Å². The number of hydrogen-bond acceptors (Lipinski definition) is 4. The molecule has 0 spiro atoms. The Morgan fingerprint density at radius 2 is 2.06 bits per heavy atom. The predicted octanol–water partition coefficient (Wildman–Crippen LogP) is 0.854. The number of carbonyl (C=O) groups is 1. The summed E-state index contributed by atoms with van der Waals surface area (Å²) in [4.78, 5) is 11.6. The summed E-state index contributed by atoms with van der Waals surface area (Å²) >= 11 is 0. The second-order valence-corrected chi connectivity index (χ2v) is 6.31. The highest BCUT2D eigenvalue weighted by Crippen LogP contribution is 2.48. The Hall–Kier alpha value is -0.620. The highest BCUT2D eigenvalue weighted by molar-refractivity contribution is 7.85. The Kier molecular flexibility index (Phi) is 3.21. The molecule has 2 aliphatic rings. The number of rotatable bonds is 4. The van der Waals surface area contributed by atoms with Crippen molar-refractivity contribution in [3.05, 3.63) is 0 Å². The molecule has 6 heteroatoms. The van der Waals surface area contributed by atoms with E-state index in [1.165, 1.54) is 6.42 Å². The molecule has 0 heterocycles. The summed E-state index contributed by atoms with van der Waals surface area (Å²) in [7, 11) is -4.03. The van der Waals surface area contributed by atoms with Crippen LogP contribution in [0.4, 0.5) is 0 Å². The van der Waals surface area contributed by atoms with Crippen molar-refractivity contribution in [3.8, 4) is 0 Å². The third-order valence-corrected chi connectivity index (χ3v) is 4.31. The molecule has 16 heavy (non-hydrogen) atoms. The molecule has 0 aromatic heterocycles. The van der Waals surface area contributed by atoms with E-state index in [2.05, 4.69) is 0 Å². The molecule has 2 aliphatic carbocycles. The molecule has 3 atom stereocenters. The lowest BCUT2D eigenvalue weighted by atomic mass is 9.89. The lowest BCUT2D eigenvalue weighted by molar-refractivity contribution is -0.149. The normalized spacial score (nSPS) is 32.9. The highest BCUT2D eigenvalue weighted by atomic mass is 32.2. The maximum Gasteiger partial charge on any atom is 0.309 e. The van der Waals surface area contributed by atoms with Crippen LogP contribution >= 0.6 is 0 Å². The fourth-order valence-corrected chi connectivity index (χ4v) is 3.18. The monoisotopic (exact) mass is 248 g/mol. The van der Waals surface area contributed by atoms with Gasteiger partial charge in [0.25, 0.3) is 10.1 Å². The summed E-state index contributed by atoms with van der Waals surface area (Å²) in [6.07, 6.45) is 4.29. The van der Waals surface area contributed by atoms with Crippen LogP contribution < -0.4 is 0 Å². The molecule has 2 rings (SSSR count). The lowest BCUT2D eigenvalue weighted by Crippen LogP contribution is -2.25. The van der Waals surface area contributed by atoms with Gasteiger partial charge in [0.1, 0.15) is 12.4 Å². The minimum atomic E-state index is -4.03. The molecule has 92 valence electrons. The first-order chi connectivity index (χ1) is 7.46. The van der Waals surface area contributed by atoms with Crippen LogP contribution in [0, 0.1) is 17.8 Å². The Morgan fingerprint density at radius 3 is 2.56 bits per heavy atom. The maximum absolute atomic E-state index is 11.6. The molecule has 0 radical (unpaired) electrons. The highest BCUT2D eigenvalue weighted by Gasteiger charge is 2.43. The largest absolute Gasteiger partial charge is 0.464 e. The van der Waals surface area contributed by atoms with Gasteiger partial charge in [-0.05, 0) is 31.1 Å². The number of fused-ring (bicyclic) bond motifs is 2. The number of hydrogen-bond donors (Lipinski definition) is 1. The van der Waals surface area contributed by atoms with Gasteiger partial charge in [-0.2, -0.15) is 8.42 Å². The van der Waals surface area contributed by atoms with E-state index in [0.717, 1.165) is 19.3 Å². The van der Waals surface area contributed by atoms with Gasteiger partial charge >= 0.3 is 5.97 Å². The quantitative estimate of drug-likeness (QED) is 0.589. The van der Waals surface area contributed by atoms with Crippen LogP contribution in [0.5, 0.6) is 0 Å². The number of carbonyl (C=O) groups excluding carboxylic acids is 1. The Balaban J connectivity index is 1.77. The molecule has 0 aromatic carbocycles. The minimum absolute atomic E-state index is 0.0415. The van der Waals surface area contributed by atoms with E-state index >= 15 is 0 Å². The van der Waals surface area contributed by atoms with Crippen molar-refractivity contribution < 1.29 is 22.5 Å². The van der Waals surface area contributed by atoms with E-state index in [1.807, 2.05) is 0 Å². The summed E-state index contributed by atoms with van der Waals surface area (Å²) in [5.41, 5.74) is 0. The van der Waals surface area contributed by atoms with Gasteiger partial charge in [-0.15, -0.1) is 0 Å². The SMILES string of the molecule is O=C(OCCS(=O)(=O)O)C1CC2CCC1C2. The second-order valence-electron chi connectivity index (χ2n) is 4.73. The first-order valence-corrected chi connectivity index (χ1v) is 7.18. The third kappa shape index (κ3) is 2.74. The van der Waals surface area contributed by atoms with E-state index in [0.29, 0.717) is 11.8 Å². The van der Waals surface area contributed by atoms with E-state index in [-0.39, 0.29) is 18.5 Å². The summed E-state index contributed by atoms with van der Waals surface area (Å²) in [5.74, 6) is 0.239. The smallest absolute Gasteiger partial charge is 0.309 e. The molecule has 0 saturated heterocycles. The number of esters is 1. The average Bonchev–Trinajstić information content (AvgIpc) is 2.76. The summed E-state index contributed by atoms with van der Waals surface area (Å²) in [6.45, 7) is -0.244. The van der Waals surface area contributed by atoms with Crippen LogP contribution in [0.25, 0.3) is 0 Å². The fraction of sp³-hybridized carbons (Fsp3) is 0.900. The van der Waals surface area contributed by atoms with E-state index in [9.17, 15) is 13.2 Å². The van der Waals surface area contributed by atoms with Crippen LogP contribution in [0.2, 0.25) is 0 Å². The molecule has 2 saturated carbocycles. The van der Waals surface area contributed by atoms with Gasteiger partial charge in [-0.25, -0.2) is 0 Å². The van der Waals surface area contributed by atoms with Crippen molar-refractivity contribution in [2.45, 2.75) is 25.7 Å². The standard InChI is InChI=1S/C10H16O5S/c11-10(15-3-4-16(12,13)14)9-6-7-1-2-8(9)5-7/h7-9H,1-6H2,(H,12,13,14). The molecular formula is C10H16O5S.